The van der Waals surface area contributed by atoms with Crippen molar-refractivity contribution in [3.63, 3.8) is 0 Å². The van der Waals surface area contributed by atoms with E-state index in [2.05, 4.69) is 10.6 Å². The van der Waals surface area contributed by atoms with Crippen molar-refractivity contribution >= 4 is 29.0 Å². The number of aliphatic hydroxyl groups excluding tert-OH is 1. The zero-order valence-electron chi connectivity index (χ0n) is 21.6. The number of fused-ring (bicyclic) bond motifs is 1. The number of ketones is 1. The number of methoxy groups -OCH3 is 3. The van der Waals surface area contributed by atoms with Gasteiger partial charge in [-0.05, 0) is 35.9 Å². The number of anilines is 2. The molecule has 1 aliphatic rings. The van der Waals surface area contributed by atoms with E-state index in [1.54, 1.807) is 48.5 Å². The molecule has 1 heterocycles. The number of nitrogens with one attached hydrogen (secondary N) is 2. The number of nitrogens with two attached hydrogens (primary N) is 1. The Bertz CT molecular complexity index is 1410. The maximum absolute atomic E-state index is 13.2. The lowest BCUT2D eigenvalue weighted by atomic mass is 9.94. The van der Waals surface area contributed by atoms with E-state index in [0.29, 0.717) is 39.8 Å². The number of hydrogen-bond donors (Lipinski definition) is 4. The highest BCUT2D eigenvalue weighted by Gasteiger charge is 2.34. The lowest BCUT2D eigenvalue weighted by molar-refractivity contribution is -0.118. The average molecular weight is 536 g/mol. The van der Waals surface area contributed by atoms with Crippen LogP contribution in [0.25, 0.3) is 0 Å². The van der Waals surface area contributed by atoms with Crippen molar-refractivity contribution in [2.75, 3.05) is 38.6 Å². The molecule has 4 rings (SSSR count). The molecule has 0 aromatic heterocycles. The minimum atomic E-state index is -1.07. The highest BCUT2D eigenvalue weighted by molar-refractivity contribution is 6.06. The fourth-order valence-corrected chi connectivity index (χ4v) is 4.22. The fraction of sp³-hybridized carbons (Fsp3) is 0.250. The Labute approximate surface area is 224 Å². The van der Waals surface area contributed by atoms with Gasteiger partial charge in [0.25, 0.3) is 5.91 Å². The standard InChI is InChI=1S/C28H29N3O8/c1-36-23-13-22-24(26(38-3)25(23)37-2)20(33)12-21(39-22)15-6-4-8-17(10-15)30-27(34)16-7-5-9-18(11-16)31-28(35)19(29)14-32/h4-11,13,19,21,32H,12,14,29H2,1-3H3,(H,30,34)(H,31,35)/t19-,21?/m0/s1. The van der Waals surface area contributed by atoms with Gasteiger partial charge >= 0.3 is 0 Å². The van der Waals surface area contributed by atoms with E-state index in [4.69, 9.17) is 29.8 Å². The van der Waals surface area contributed by atoms with Crippen molar-refractivity contribution < 1.29 is 38.4 Å². The van der Waals surface area contributed by atoms with Crippen LogP contribution >= 0.6 is 0 Å². The zero-order valence-corrected chi connectivity index (χ0v) is 21.6. The van der Waals surface area contributed by atoms with E-state index in [9.17, 15) is 14.4 Å². The van der Waals surface area contributed by atoms with Gasteiger partial charge in [-0.2, -0.15) is 0 Å². The van der Waals surface area contributed by atoms with Gasteiger partial charge in [0.2, 0.25) is 11.7 Å². The Morgan fingerprint density at radius 3 is 2.36 bits per heavy atom. The highest BCUT2D eigenvalue weighted by Crippen LogP contribution is 2.49. The van der Waals surface area contributed by atoms with Crippen LogP contribution in [0.4, 0.5) is 11.4 Å². The predicted octanol–water partition coefficient (Wildman–Crippen LogP) is 2.93. The van der Waals surface area contributed by atoms with Crippen LogP contribution in [0.15, 0.2) is 54.6 Å². The van der Waals surface area contributed by atoms with E-state index in [0.717, 1.165) is 0 Å². The molecule has 11 nitrogen and oxygen atoms in total. The molecule has 0 radical (unpaired) electrons. The number of aliphatic hydroxyl groups is 1. The van der Waals surface area contributed by atoms with E-state index < -0.39 is 30.6 Å². The zero-order chi connectivity index (χ0) is 28.1. The minimum absolute atomic E-state index is 0.0496. The van der Waals surface area contributed by atoms with Crippen LogP contribution < -0.4 is 35.3 Å². The number of Topliss-reactive ketones (excluding diaryl/α,β-unsaturated/α-hetero) is 1. The summed E-state index contributed by atoms with van der Waals surface area (Å²) >= 11 is 0. The molecule has 0 bridgehead atoms. The molecule has 1 unspecified atom stereocenters. The molecule has 0 spiro atoms. The van der Waals surface area contributed by atoms with Crippen molar-refractivity contribution in [3.8, 4) is 23.0 Å². The number of amides is 2. The molecule has 0 fully saturated rings. The van der Waals surface area contributed by atoms with Crippen molar-refractivity contribution in [1.82, 2.24) is 0 Å². The summed E-state index contributed by atoms with van der Waals surface area (Å²) in [6.07, 6.45) is -0.563. The Morgan fingerprint density at radius 2 is 1.69 bits per heavy atom. The van der Waals surface area contributed by atoms with Crippen molar-refractivity contribution in [2.24, 2.45) is 5.73 Å². The van der Waals surface area contributed by atoms with Crippen molar-refractivity contribution in [1.29, 1.82) is 0 Å². The first-order valence-corrected chi connectivity index (χ1v) is 12.0. The SMILES string of the molecule is COc1cc2c(c(OC)c1OC)C(=O)CC(c1cccc(NC(=O)c3cccc(NC(=O)[C@@H](N)CO)c3)c1)O2. The Hall–Kier alpha value is -4.61. The normalized spacial score (nSPS) is 14.9. The van der Waals surface area contributed by atoms with Gasteiger partial charge in [0.1, 0.15) is 23.5 Å². The largest absolute Gasteiger partial charge is 0.493 e. The molecule has 0 aliphatic carbocycles. The molecular formula is C28H29N3O8. The van der Waals surface area contributed by atoms with Crippen molar-refractivity contribution in [3.05, 3.63) is 71.3 Å². The van der Waals surface area contributed by atoms with Gasteiger partial charge in [-0.1, -0.05) is 18.2 Å². The number of benzene rings is 3. The second kappa shape index (κ2) is 11.8. The van der Waals surface area contributed by atoms with Crippen LogP contribution in [-0.2, 0) is 4.79 Å². The third kappa shape index (κ3) is 5.79. The van der Waals surface area contributed by atoms with E-state index in [1.807, 2.05) is 0 Å². The third-order valence-corrected chi connectivity index (χ3v) is 6.15. The summed E-state index contributed by atoms with van der Waals surface area (Å²) in [6.45, 7) is -0.500. The van der Waals surface area contributed by atoms with Crippen LogP contribution in [0.1, 0.15) is 38.8 Å². The second-order valence-electron chi connectivity index (χ2n) is 8.69. The summed E-state index contributed by atoms with van der Waals surface area (Å²) in [5.74, 6) is 0.0432. The number of rotatable bonds is 9. The monoisotopic (exact) mass is 535 g/mol. The Balaban J connectivity index is 1.53. The van der Waals surface area contributed by atoms with Crippen LogP contribution in [0.2, 0.25) is 0 Å². The molecule has 11 heteroatoms. The van der Waals surface area contributed by atoms with Crippen molar-refractivity contribution in [2.45, 2.75) is 18.6 Å². The van der Waals surface area contributed by atoms with Crippen LogP contribution in [0.3, 0.4) is 0 Å². The average Bonchev–Trinajstić information content (AvgIpc) is 2.95. The van der Waals surface area contributed by atoms with Gasteiger partial charge in [-0.15, -0.1) is 0 Å². The lowest BCUT2D eigenvalue weighted by Crippen LogP contribution is -2.38. The van der Waals surface area contributed by atoms with Gasteiger partial charge in [-0.25, -0.2) is 0 Å². The highest BCUT2D eigenvalue weighted by atomic mass is 16.5. The van der Waals surface area contributed by atoms with Crippen LogP contribution in [0, 0.1) is 0 Å². The number of carbonyl (C=O) groups excluding carboxylic acids is 3. The summed E-state index contributed by atoms with van der Waals surface area (Å²) in [5, 5.41) is 14.4. The van der Waals surface area contributed by atoms with E-state index in [-0.39, 0.29) is 23.5 Å². The van der Waals surface area contributed by atoms with Gasteiger partial charge in [0, 0.05) is 23.0 Å². The smallest absolute Gasteiger partial charge is 0.255 e. The molecule has 39 heavy (non-hydrogen) atoms. The molecule has 0 saturated carbocycles. The third-order valence-electron chi connectivity index (χ3n) is 6.15. The maximum atomic E-state index is 13.2. The van der Waals surface area contributed by atoms with Gasteiger partial charge < -0.3 is 40.4 Å². The summed E-state index contributed by atoms with van der Waals surface area (Å²) in [6, 6.07) is 13.8. The number of hydrogen-bond acceptors (Lipinski definition) is 9. The molecular weight excluding hydrogens is 506 g/mol. The van der Waals surface area contributed by atoms with E-state index in [1.165, 1.54) is 27.4 Å². The second-order valence-corrected chi connectivity index (χ2v) is 8.69. The van der Waals surface area contributed by atoms with Gasteiger partial charge in [-0.3, -0.25) is 14.4 Å². The lowest BCUT2D eigenvalue weighted by Gasteiger charge is -2.28. The maximum Gasteiger partial charge on any atom is 0.255 e. The van der Waals surface area contributed by atoms with Gasteiger partial charge in [0.05, 0.1) is 34.4 Å². The minimum Gasteiger partial charge on any atom is -0.493 e. The fourth-order valence-electron chi connectivity index (χ4n) is 4.22. The van der Waals surface area contributed by atoms with E-state index >= 15 is 0 Å². The molecule has 1 aliphatic heterocycles. The molecule has 0 saturated heterocycles. The topological polar surface area (TPSA) is 158 Å². The summed E-state index contributed by atoms with van der Waals surface area (Å²) in [5.41, 5.74) is 7.63. The molecule has 2 atom stereocenters. The first-order chi connectivity index (χ1) is 18.8. The number of carbonyl (C=O) groups is 3. The summed E-state index contributed by atoms with van der Waals surface area (Å²) < 4.78 is 22.4. The van der Waals surface area contributed by atoms with Gasteiger partial charge in [0.15, 0.2) is 17.3 Å². The molecule has 3 aromatic rings. The first kappa shape index (κ1) is 27.4. The van der Waals surface area contributed by atoms with Crippen LogP contribution in [0.5, 0.6) is 23.0 Å². The summed E-state index contributed by atoms with van der Waals surface area (Å²) in [4.78, 5) is 38.0. The number of ether oxygens (including phenoxy) is 4. The Kier molecular flexibility index (Phi) is 8.33. The molecule has 3 aromatic carbocycles. The molecule has 2 amide bonds. The van der Waals surface area contributed by atoms with Crippen LogP contribution in [-0.4, -0.2) is 56.7 Å². The molecule has 5 N–H and O–H groups in total. The first-order valence-electron chi connectivity index (χ1n) is 12.0. The Morgan fingerprint density at radius 1 is 1.00 bits per heavy atom. The predicted molar refractivity (Wildman–Crippen MR) is 143 cm³/mol. The molecule has 204 valence electrons. The summed E-state index contributed by atoms with van der Waals surface area (Å²) in [7, 11) is 4.38. The quantitative estimate of drug-likeness (QED) is 0.323.